The fourth-order valence-corrected chi connectivity index (χ4v) is 2.94. The molecule has 4 rings (SSSR count). The van der Waals surface area contributed by atoms with Gasteiger partial charge < -0.3 is 25.3 Å². The van der Waals surface area contributed by atoms with E-state index >= 15 is 0 Å². The molecule has 11 heteroatoms. The van der Waals surface area contributed by atoms with E-state index in [1.807, 2.05) is 30.3 Å². The minimum absolute atomic E-state index is 0.0197. The molecule has 156 valence electrons. The second kappa shape index (κ2) is 8.06. The third-order valence-electron chi connectivity index (χ3n) is 4.48. The van der Waals surface area contributed by atoms with Crippen LogP contribution in [0, 0.1) is 0 Å². The molecule has 0 atom stereocenters. The first-order valence-electron chi connectivity index (χ1n) is 9.00. The molecular formula is C20H16N6O5. The van der Waals surface area contributed by atoms with Gasteiger partial charge in [0.05, 0.1) is 19.0 Å². The molecule has 4 N–H and O–H groups in total. The molecule has 0 aliphatic heterocycles. The number of carbonyl (C=O) groups is 1. The van der Waals surface area contributed by atoms with Crippen LogP contribution < -0.4 is 15.6 Å². The first-order valence-corrected chi connectivity index (χ1v) is 9.00. The zero-order valence-corrected chi connectivity index (χ0v) is 16.2. The maximum absolute atomic E-state index is 11.8. The van der Waals surface area contributed by atoms with Gasteiger partial charge in [0.25, 0.3) is 5.56 Å². The van der Waals surface area contributed by atoms with Crippen molar-refractivity contribution in [2.24, 2.45) is 0 Å². The van der Waals surface area contributed by atoms with Crippen molar-refractivity contribution in [3.05, 3.63) is 64.7 Å². The predicted octanol–water partition coefficient (Wildman–Crippen LogP) is 1.80. The fraction of sp³-hybridized carbons (Fsp3) is 0.100. The lowest BCUT2D eigenvalue weighted by atomic mass is 10.1. The number of fused-ring (bicyclic) bond motifs is 1. The Balaban J connectivity index is 1.66. The summed E-state index contributed by atoms with van der Waals surface area (Å²) in [4.78, 5) is 41.7. The van der Waals surface area contributed by atoms with Crippen molar-refractivity contribution in [1.82, 2.24) is 24.9 Å². The molecule has 4 aromatic rings. The van der Waals surface area contributed by atoms with Gasteiger partial charge in [0.1, 0.15) is 23.7 Å². The van der Waals surface area contributed by atoms with E-state index < -0.39 is 23.0 Å². The van der Waals surface area contributed by atoms with Crippen LogP contribution >= 0.6 is 0 Å². The summed E-state index contributed by atoms with van der Waals surface area (Å²) in [5.41, 5.74) is 0.530. The van der Waals surface area contributed by atoms with Gasteiger partial charge in [0, 0.05) is 11.8 Å². The number of H-pyrrole nitrogens is 1. The van der Waals surface area contributed by atoms with Crippen molar-refractivity contribution in [2.75, 3.05) is 12.4 Å². The number of pyridine rings is 1. The molecule has 11 nitrogen and oxygen atoms in total. The number of nitrogens with one attached hydrogen (secondary N) is 2. The first kappa shape index (κ1) is 19.8. The summed E-state index contributed by atoms with van der Waals surface area (Å²) < 4.78 is 5.18. The van der Waals surface area contributed by atoms with E-state index in [0.29, 0.717) is 16.9 Å². The molecular weight excluding hydrogens is 404 g/mol. The standard InChI is InChI=1S/C20H16N6O5/c1-31-12-4-2-10(3-5-12)11-6-13-17(21-7-11)23-9-24-18(13)22-8-14-25-15(20(29)30)16(27)19(28)26-14/h2-7,9,27H,8H2,1H3,(H,29,30)(H,25,26,28)(H,21,22,23,24). The van der Waals surface area contributed by atoms with Gasteiger partial charge >= 0.3 is 5.97 Å². The lowest BCUT2D eigenvalue weighted by Gasteiger charge is -2.10. The predicted molar refractivity (Wildman–Crippen MR) is 110 cm³/mol. The van der Waals surface area contributed by atoms with Crippen molar-refractivity contribution in [3.63, 3.8) is 0 Å². The van der Waals surface area contributed by atoms with Crippen molar-refractivity contribution in [1.29, 1.82) is 0 Å². The molecule has 0 bridgehead atoms. The van der Waals surface area contributed by atoms with Gasteiger partial charge in [-0.05, 0) is 23.8 Å². The number of ether oxygens (including phenoxy) is 1. The third-order valence-corrected chi connectivity index (χ3v) is 4.48. The third kappa shape index (κ3) is 3.96. The Kier molecular flexibility index (Phi) is 5.14. The topological polar surface area (TPSA) is 163 Å². The number of rotatable bonds is 6. The van der Waals surface area contributed by atoms with Crippen LogP contribution in [-0.4, -0.2) is 48.2 Å². The van der Waals surface area contributed by atoms with Gasteiger partial charge in [0.2, 0.25) is 5.75 Å². The first-order chi connectivity index (χ1) is 15.0. The molecule has 31 heavy (non-hydrogen) atoms. The maximum atomic E-state index is 11.8. The van der Waals surface area contributed by atoms with Crippen molar-refractivity contribution < 1.29 is 19.7 Å². The molecule has 0 aliphatic carbocycles. The van der Waals surface area contributed by atoms with Gasteiger partial charge in [-0.25, -0.2) is 24.7 Å². The van der Waals surface area contributed by atoms with Crippen molar-refractivity contribution >= 4 is 22.8 Å². The number of carboxylic acids is 1. The SMILES string of the molecule is COc1ccc(-c2cnc3ncnc(NCc4nc(C(=O)O)c(O)c(=O)[nH]4)c3c2)cc1. The zero-order valence-electron chi connectivity index (χ0n) is 16.2. The molecule has 3 heterocycles. The number of hydrogen-bond acceptors (Lipinski definition) is 9. The summed E-state index contributed by atoms with van der Waals surface area (Å²) in [5.74, 6) is -1.28. The number of hydrogen-bond donors (Lipinski definition) is 4. The summed E-state index contributed by atoms with van der Waals surface area (Å²) in [5, 5.41) is 22.2. The van der Waals surface area contributed by atoms with Crippen molar-refractivity contribution in [3.8, 4) is 22.6 Å². The minimum Gasteiger partial charge on any atom is -0.501 e. The van der Waals surface area contributed by atoms with E-state index in [1.54, 1.807) is 13.3 Å². The van der Waals surface area contributed by atoms with Crippen LogP contribution in [-0.2, 0) is 6.54 Å². The number of aromatic carboxylic acids is 1. The van der Waals surface area contributed by atoms with Crippen molar-refractivity contribution in [2.45, 2.75) is 6.54 Å². The largest absolute Gasteiger partial charge is 0.501 e. The highest BCUT2D eigenvalue weighted by Crippen LogP contribution is 2.26. The summed E-state index contributed by atoms with van der Waals surface area (Å²) in [6.45, 7) is -0.0469. The minimum atomic E-state index is -1.51. The molecule has 0 saturated heterocycles. The number of aromatic nitrogens is 5. The molecule has 3 aromatic heterocycles. The fourth-order valence-electron chi connectivity index (χ4n) is 2.94. The highest BCUT2D eigenvalue weighted by atomic mass is 16.5. The van der Waals surface area contributed by atoms with E-state index in [1.165, 1.54) is 6.33 Å². The van der Waals surface area contributed by atoms with E-state index in [2.05, 4.69) is 30.2 Å². The summed E-state index contributed by atoms with van der Waals surface area (Å²) in [7, 11) is 1.59. The number of carboxylic acid groups (broad SMARTS) is 1. The van der Waals surface area contributed by atoms with E-state index in [9.17, 15) is 14.7 Å². The monoisotopic (exact) mass is 420 g/mol. The Morgan fingerprint density at radius 3 is 2.65 bits per heavy atom. The van der Waals surface area contributed by atoms with Crippen LogP contribution in [0.4, 0.5) is 5.82 Å². The number of anilines is 1. The Morgan fingerprint density at radius 2 is 1.94 bits per heavy atom. The summed E-state index contributed by atoms with van der Waals surface area (Å²) in [6.07, 6.45) is 3.03. The number of nitrogens with zero attached hydrogens (tertiary/aromatic N) is 4. The number of benzene rings is 1. The van der Waals surface area contributed by atoms with Crippen LogP contribution in [0.25, 0.3) is 22.2 Å². The average Bonchev–Trinajstić information content (AvgIpc) is 2.79. The molecule has 0 amide bonds. The smallest absolute Gasteiger partial charge is 0.358 e. The van der Waals surface area contributed by atoms with Gasteiger partial charge in [-0.3, -0.25) is 4.79 Å². The molecule has 1 aromatic carbocycles. The molecule has 0 fully saturated rings. The van der Waals surface area contributed by atoms with Gasteiger partial charge in [-0.2, -0.15) is 0 Å². The lowest BCUT2D eigenvalue weighted by Crippen LogP contribution is -2.19. The Labute approximate surface area is 174 Å². The lowest BCUT2D eigenvalue weighted by molar-refractivity contribution is 0.0686. The number of aromatic hydroxyl groups is 1. The van der Waals surface area contributed by atoms with E-state index in [-0.39, 0.29) is 12.4 Å². The van der Waals surface area contributed by atoms with Crippen LogP contribution in [0.15, 0.2) is 47.7 Å². The normalized spacial score (nSPS) is 10.7. The summed E-state index contributed by atoms with van der Waals surface area (Å²) >= 11 is 0. The molecule has 0 saturated carbocycles. The maximum Gasteiger partial charge on any atom is 0.358 e. The van der Waals surface area contributed by atoms with Gasteiger partial charge in [-0.15, -0.1) is 0 Å². The Morgan fingerprint density at radius 1 is 1.16 bits per heavy atom. The van der Waals surface area contributed by atoms with Crippen LogP contribution in [0.1, 0.15) is 16.3 Å². The second-order valence-corrected chi connectivity index (χ2v) is 6.41. The highest BCUT2D eigenvalue weighted by Gasteiger charge is 2.17. The summed E-state index contributed by atoms with van der Waals surface area (Å²) in [6, 6.07) is 9.34. The van der Waals surface area contributed by atoms with Crippen LogP contribution in [0.3, 0.4) is 0 Å². The average molecular weight is 420 g/mol. The quantitative estimate of drug-likeness (QED) is 0.361. The molecule has 0 radical (unpaired) electrons. The van der Waals surface area contributed by atoms with E-state index in [0.717, 1.165) is 16.9 Å². The van der Waals surface area contributed by atoms with Crippen LogP contribution in [0.2, 0.25) is 0 Å². The molecule has 0 aliphatic rings. The Bertz CT molecular complexity index is 1340. The molecule has 0 unspecified atom stereocenters. The van der Waals surface area contributed by atoms with E-state index in [4.69, 9.17) is 9.84 Å². The van der Waals surface area contributed by atoms with Gasteiger partial charge in [-0.1, -0.05) is 12.1 Å². The zero-order chi connectivity index (χ0) is 22.0. The molecule has 0 spiro atoms. The number of methoxy groups -OCH3 is 1. The van der Waals surface area contributed by atoms with Gasteiger partial charge in [0.15, 0.2) is 11.3 Å². The highest BCUT2D eigenvalue weighted by molar-refractivity contribution is 5.90. The number of aromatic amines is 1. The Hall–Kier alpha value is -4.54. The van der Waals surface area contributed by atoms with Crippen LogP contribution in [0.5, 0.6) is 11.5 Å². The second-order valence-electron chi connectivity index (χ2n) is 6.41.